The lowest BCUT2D eigenvalue weighted by Crippen LogP contribution is -2.06. The molecular weight excluding hydrogens is 190 g/mol. The van der Waals surface area contributed by atoms with E-state index in [0.29, 0.717) is 12.2 Å². The number of aromatic nitrogens is 1. The van der Waals surface area contributed by atoms with Gasteiger partial charge in [-0.1, -0.05) is 0 Å². The quantitative estimate of drug-likeness (QED) is 0.762. The highest BCUT2D eigenvalue weighted by Gasteiger charge is 2.11. The summed E-state index contributed by atoms with van der Waals surface area (Å²) in [6, 6.07) is 5.76. The third-order valence-electron chi connectivity index (χ3n) is 2.39. The summed E-state index contributed by atoms with van der Waals surface area (Å²) in [7, 11) is 0. The van der Waals surface area contributed by atoms with E-state index in [9.17, 15) is 4.79 Å². The highest BCUT2D eigenvalue weighted by atomic mass is 16.5. The van der Waals surface area contributed by atoms with Crippen molar-refractivity contribution in [2.24, 2.45) is 0 Å². The average Bonchev–Trinajstić information content (AvgIpc) is 2.63. The van der Waals surface area contributed by atoms with Gasteiger partial charge in [0.1, 0.15) is 0 Å². The largest absolute Gasteiger partial charge is 0.462 e. The molecule has 0 saturated carbocycles. The molecule has 1 aromatic carbocycles. The summed E-state index contributed by atoms with van der Waals surface area (Å²) in [5, 5.41) is 1.03. The highest BCUT2D eigenvalue weighted by Crippen LogP contribution is 2.19. The second-order valence-electron chi connectivity index (χ2n) is 3.45. The summed E-state index contributed by atoms with van der Waals surface area (Å²) in [5.41, 5.74) is 2.62. The van der Waals surface area contributed by atoms with E-state index in [1.165, 1.54) is 0 Å². The van der Waals surface area contributed by atoms with Gasteiger partial charge in [-0.3, -0.25) is 0 Å². The molecule has 2 rings (SSSR count). The number of carbonyl (C=O) groups excluding carboxylic acids is 1. The molecular formula is C12H13NO2. The number of aryl methyl sites for hydroxylation is 1. The van der Waals surface area contributed by atoms with Crippen molar-refractivity contribution in [2.75, 3.05) is 6.61 Å². The van der Waals surface area contributed by atoms with Gasteiger partial charge >= 0.3 is 5.97 Å². The summed E-state index contributed by atoms with van der Waals surface area (Å²) in [6.45, 7) is 4.12. The van der Waals surface area contributed by atoms with Crippen LogP contribution in [0.25, 0.3) is 10.9 Å². The van der Waals surface area contributed by atoms with Crippen LogP contribution in [0.1, 0.15) is 22.8 Å². The summed E-state index contributed by atoms with van der Waals surface area (Å²) < 4.78 is 4.99. The number of ether oxygens (including phenoxy) is 1. The molecule has 0 aliphatic heterocycles. The SMILES string of the molecule is CCOC(=O)c1cc2cc[nH]c2cc1C. The number of fused-ring (bicyclic) bond motifs is 1. The van der Waals surface area contributed by atoms with Crippen molar-refractivity contribution in [1.29, 1.82) is 0 Å². The molecule has 3 nitrogen and oxygen atoms in total. The molecule has 15 heavy (non-hydrogen) atoms. The molecule has 1 aromatic heterocycles. The van der Waals surface area contributed by atoms with E-state index in [4.69, 9.17) is 4.74 Å². The van der Waals surface area contributed by atoms with Gasteiger partial charge in [0, 0.05) is 17.1 Å². The minimum atomic E-state index is -0.252. The first-order chi connectivity index (χ1) is 7.22. The lowest BCUT2D eigenvalue weighted by molar-refractivity contribution is 0.0526. The molecule has 1 N–H and O–H groups in total. The number of hydrogen-bond acceptors (Lipinski definition) is 2. The maximum Gasteiger partial charge on any atom is 0.338 e. The van der Waals surface area contributed by atoms with E-state index in [1.54, 1.807) is 0 Å². The first-order valence-electron chi connectivity index (χ1n) is 4.97. The van der Waals surface area contributed by atoms with Gasteiger partial charge in [-0.15, -0.1) is 0 Å². The summed E-state index contributed by atoms with van der Waals surface area (Å²) in [6.07, 6.45) is 1.86. The predicted molar refractivity (Wildman–Crippen MR) is 59.0 cm³/mol. The van der Waals surface area contributed by atoms with E-state index >= 15 is 0 Å². The van der Waals surface area contributed by atoms with Crippen molar-refractivity contribution in [3.63, 3.8) is 0 Å². The fraction of sp³-hybridized carbons (Fsp3) is 0.250. The third kappa shape index (κ3) is 1.73. The Kier molecular flexibility index (Phi) is 2.46. The molecule has 0 aliphatic carbocycles. The van der Waals surface area contributed by atoms with Crippen LogP contribution in [0.3, 0.4) is 0 Å². The smallest absolute Gasteiger partial charge is 0.338 e. The predicted octanol–water partition coefficient (Wildman–Crippen LogP) is 2.65. The number of H-pyrrole nitrogens is 1. The van der Waals surface area contributed by atoms with E-state index < -0.39 is 0 Å². The Morgan fingerprint density at radius 2 is 2.27 bits per heavy atom. The van der Waals surface area contributed by atoms with Crippen molar-refractivity contribution in [2.45, 2.75) is 13.8 Å². The molecule has 0 fully saturated rings. The number of aromatic amines is 1. The van der Waals surface area contributed by atoms with Gasteiger partial charge in [0.25, 0.3) is 0 Å². The lowest BCUT2D eigenvalue weighted by atomic mass is 10.1. The topological polar surface area (TPSA) is 42.1 Å². The van der Waals surface area contributed by atoms with Crippen LogP contribution >= 0.6 is 0 Å². The number of hydrogen-bond donors (Lipinski definition) is 1. The van der Waals surface area contributed by atoms with Gasteiger partial charge in [0.05, 0.1) is 12.2 Å². The van der Waals surface area contributed by atoms with Gasteiger partial charge in [-0.25, -0.2) is 4.79 Å². The van der Waals surface area contributed by atoms with E-state index in [-0.39, 0.29) is 5.97 Å². The Labute approximate surface area is 88.1 Å². The number of esters is 1. The van der Waals surface area contributed by atoms with Crippen LogP contribution in [-0.2, 0) is 4.74 Å². The van der Waals surface area contributed by atoms with Gasteiger partial charge in [0.2, 0.25) is 0 Å². The van der Waals surface area contributed by atoms with Gasteiger partial charge < -0.3 is 9.72 Å². The second kappa shape index (κ2) is 3.77. The minimum absolute atomic E-state index is 0.252. The zero-order valence-electron chi connectivity index (χ0n) is 8.83. The summed E-state index contributed by atoms with van der Waals surface area (Å²) >= 11 is 0. The zero-order chi connectivity index (χ0) is 10.8. The molecule has 0 atom stereocenters. The van der Waals surface area contributed by atoms with Crippen LogP contribution in [0.4, 0.5) is 0 Å². The van der Waals surface area contributed by atoms with Crippen LogP contribution in [0, 0.1) is 6.92 Å². The number of benzene rings is 1. The molecule has 3 heteroatoms. The Morgan fingerprint density at radius 3 is 3.00 bits per heavy atom. The minimum Gasteiger partial charge on any atom is -0.462 e. The van der Waals surface area contributed by atoms with Crippen LogP contribution in [0.2, 0.25) is 0 Å². The van der Waals surface area contributed by atoms with Crippen molar-refractivity contribution in [3.8, 4) is 0 Å². The number of carbonyl (C=O) groups is 1. The number of rotatable bonds is 2. The molecule has 0 saturated heterocycles. The molecule has 78 valence electrons. The molecule has 0 spiro atoms. The summed E-state index contributed by atoms with van der Waals surface area (Å²) in [4.78, 5) is 14.7. The van der Waals surface area contributed by atoms with Crippen molar-refractivity contribution in [1.82, 2.24) is 4.98 Å². The standard InChI is InChI=1S/C12H13NO2/c1-3-15-12(14)10-7-9-4-5-13-11(9)6-8(10)2/h4-7,13H,3H2,1-2H3. The van der Waals surface area contributed by atoms with E-state index in [0.717, 1.165) is 16.5 Å². The fourth-order valence-electron chi connectivity index (χ4n) is 1.64. The fourth-order valence-corrected chi connectivity index (χ4v) is 1.64. The maximum atomic E-state index is 11.6. The van der Waals surface area contributed by atoms with Crippen molar-refractivity contribution in [3.05, 3.63) is 35.5 Å². The van der Waals surface area contributed by atoms with Gasteiger partial charge in [-0.05, 0) is 37.6 Å². The molecule has 0 aliphatic rings. The van der Waals surface area contributed by atoms with Crippen molar-refractivity contribution < 1.29 is 9.53 Å². The van der Waals surface area contributed by atoms with E-state index in [2.05, 4.69) is 4.98 Å². The molecule has 1 heterocycles. The molecule has 0 unspecified atom stereocenters. The van der Waals surface area contributed by atoms with Crippen LogP contribution in [-0.4, -0.2) is 17.6 Å². The van der Waals surface area contributed by atoms with E-state index in [1.807, 2.05) is 38.2 Å². The highest BCUT2D eigenvalue weighted by molar-refractivity contribution is 5.96. The monoisotopic (exact) mass is 203 g/mol. The van der Waals surface area contributed by atoms with Crippen LogP contribution < -0.4 is 0 Å². The molecule has 2 aromatic rings. The van der Waals surface area contributed by atoms with Crippen LogP contribution in [0.5, 0.6) is 0 Å². The third-order valence-corrected chi connectivity index (χ3v) is 2.39. The molecule has 0 bridgehead atoms. The Bertz CT molecular complexity index is 499. The molecule has 0 radical (unpaired) electrons. The van der Waals surface area contributed by atoms with Gasteiger partial charge in [0.15, 0.2) is 0 Å². The average molecular weight is 203 g/mol. The first kappa shape index (κ1) is 9.77. The Hall–Kier alpha value is -1.77. The normalized spacial score (nSPS) is 10.5. The van der Waals surface area contributed by atoms with Crippen molar-refractivity contribution >= 4 is 16.9 Å². The zero-order valence-corrected chi connectivity index (χ0v) is 8.83. The Morgan fingerprint density at radius 1 is 1.47 bits per heavy atom. The first-order valence-corrected chi connectivity index (χ1v) is 4.97. The molecule has 0 amide bonds. The van der Waals surface area contributed by atoms with Crippen LogP contribution in [0.15, 0.2) is 24.4 Å². The Balaban J connectivity index is 2.50. The summed E-state index contributed by atoms with van der Waals surface area (Å²) in [5.74, 6) is -0.252. The number of nitrogens with one attached hydrogen (secondary N) is 1. The van der Waals surface area contributed by atoms with Gasteiger partial charge in [-0.2, -0.15) is 0 Å². The maximum absolute atomic E-state index is 11.6. The second-order valence-corrected chi connectivity index (χ2v) is 3.45. The lowest BCUT2D eigenvalue weighted by Gasteiger charge is -2.05.